The van der Waals surface area contributed by atoms with Crippen LogP contribution in [0.25, 0.3) is 6.08 Å². The lowest BCUT2D eigenvalue weighted by molar-refractivity contribution is -0.141. The Balaban J connectivity index is 2.51. The highest BCUT2D eigenvalue weighted by molar-refractivity contribution is 5.92. The lowest BCUT2D eigenvalue weighted by atomic mass is 10.2. The Morgan fingerprint density at radius 3 is 2.41 bits per heavy atom. The molecule has 0 aliphatic rings. The van der Waals surface area contributed by atoms with Crippen LogP contribution in [0.5, 0.6) is 0 Å². The highest BCUT2D eigenvalue weighted by atomic mass is 16.5. The van der Waals surface area contributed by atoms with Gasteiger partial charge in [0.25, 0.3) is 0 Å². The molecule has 0 aliphatic carbocycles. The molecule has 0 bridgehead atoms. The van der Waals surface area contributed by atoms with E-state index in [0.29, 0.717) is 5.69 Å². The molecular formula is C16H20N2O4. The molecule has 0 radical (unpaired) electrons. The van der Waals surface area contributed by atoms with Crippen molar-refractivity contribution in [1.82, 2.24) is 5.32 Å². The highest BCUT2D eigenvalue weighted by Gasteiger charge is 2.10. The quantitative estimate of drug-likeness (QED) is 0.619. The van der Waals surface area contributed by atoms with E-state index in [1.807, 2.05) is 0 Å². The lowest BCUT2D eigenvalue weighted by Gasteiger charge is -2.10. The molecule has 0 saturated carbocycles. The van der Waals surface area contributed by atoms with E-state index in [9.17, 15) is 14.4 Å². The first kappa shape index (κ1) is 17.4. The van der Waals surface area contributed by atoms with Gasteiger partial charge in [0.1, 0.15) is 0 Å². The van der Waals surface area contributed by atoms with Gasteiger partial charge in [0.15, 0.2) is 0 Å². The Hall–Kier alpha value is -2.63. The summed E-state index contributed by atoms with van der Waals surface area (Å²) < 4.78 is 4.53. The zero-order chi connectivity index (χ0) is 16.5. The molecule has 0 aliphatic heterocycles. The molecule has 6 heteroatoms. The summed E-state index contributed by atoms with van der Waals surface area (Å²) in [5, 5.41) is 5.33. The number of hydrogen-bond donors (Lipinski definition) is 2. The van der Waals surface area contributed by atoms with E-state index in [0.717, 1.165) is 5.56 Å². The molecule has 0 heterocycles. The van der Waals surface area contributed by atoms with Gasteiger partial charge in [-0.3, -0.25) is 14.4 Å². The third-order valence-electron chi connectivity index (χ3n) is 2.75. The summed E-state index contributed by atoms with van der Waals surface area (Å²) in [5.41, 5.74) is 1.52. The molecule has 6 nitrogen and oxygen atoms in total. The zero-order valence-corrected chi connectivity index (χ0v) is 12.9. The normalized spacial score (nSPS) is 11.8. The monoisotopic (exact) mass is 304 g/mol. The molecule has 1 aromatic rings. The fourth-order valence-corrected chi connectivity index (χ4v) is 1.73. The van der Waals surface area contributed by atoms with Gasteiger partial charge < -0.3 is 15.4 Å². The van der Waals surface area contributed by atoms with Crippen molar-refractivity contribution in [1.29, 1.82) is 0 Å². The van der Waals surface area contributed by atoms with Crippen LogP contribution >= 0.6 is 0 Å². The molecule has 2 amide bonds. The van der Waals surface area contributed by atoms with Crippen LogP contribution in [0.2, 0.25) is 0 Å². The maximum atomic E-state index is 11.7. The molecule has 118 valence electrons. The van der Waals surface area contributed by atoms with Crippen LogP contribution < -0.4 is 10.6 Å². The summed E-state index contributed by atoms with van der Waals surface area (Å²) in [5.74, 6) is -0.796. The second-order valence-corrected chi connectivity index (χ2v) is 4.83. The fourth-order valence-electron chi connectivity index (χ4n) is 1.73. The number of anilines is 1. The molecule has 0 saturated heterocycles. The zero-order valence-electron chi connectivity index (χ0n) is 12.9. The van der Waals surface area contributed by atoms with Gasteiger partial charge in [-0.15, -0.1) is 0 Å². The Labute approximate surface area is 129 Å². The average Bonchev–Trinajstić information content (AvgIpc) is 2.45. The molecular weight excluding hydrogens is 284 g/mol. The molecule has 0 fully saturated rings. The summed E-state index contributed by atoms with van der Waals surface area (Å²) in [6.45, 7) is 3.17. The van der Waals surface area contributed by atoms with Crippen LogP contribution in [-0.2, 0) is 19.1 Å². The van der Waals surface area contributed by atoms with E-state index in [2.05, 4.69) is 15.4 Å². The maximum Gasteiger partial charge on any atom is 0.307 e. The number of rotatable bonds is 6. The highest BCUT2D eigenvalue weighted by Crippen LogP contribution is 2.10. The number of benzene rings is 1. The minimum absolute atomic E-state index is 0.126. The molecule has 0 aromatic heterocycles. The molecule has 1 atom stereocenters. The van der Waals surface area contributed by atoms with Gasteiger partial charge in [0, 0.05) is 24.7 Å². The molecule has 1 rings (SSSR count). The third kappa shape index (κ3) is 6.69. The number of nitrogens with one attached hydrogen (secondary N) is 2. The second kappa shape index (κ2) is 8.61. The number of esters is 1. The maximum absolute atomic E-state index is 11.7. The smallest absolute Gasteiger partial charge is 0.307 e. The van der Waals surface area contributed by atoms with Gasteiger partial charge in [-0.05, 0) is 30.7 Å². The van der Waals surface area contributed by atoms with Gasteiger partial charge in [0.05, 0.1) is 13.5 Å². The van der Waals surface area contributed by atoms with Crippen molar-refractivity contribution in [2.75, 3.05) is 12.4 Å². The van der Waals surface area contributed by atoms with Crippen LogP contribution in [0, 0.1) is 0 Å². The van der Waals surface area contributed by atoms with Crippen LogP contribution in [-0.4, -0.2) is 30.9 Å². The Morgan fingerprint density at radius 1 is 1.23 bits per heavy atom. The van der Waals surface area contributed by atoms with Crippen molar-refractivity contribution < 1.29 is 19.1 Å². The minimum atomic E-state index is -0.370. The molecule has 2 N–H and O–H groups in total. The molecule has 1 aromatic carbocycles. The van der Waals surface area contributed by atoms with Gasteiger partial charge in [-0.1, -0.05) is 12.1 Å². The van der Waals surface area contributed by atoms with Crippen molar-refractivity contribution in [3.05, 3.63) is 35.9 Å². The topological polar surface area (TPSA) is 84.5 Å². The Kier molecular flexibility index (Phi) is 6.82. The van der Waals surface area contributed by atoms with Crippen molar-refractivity contribution in [3.63, 3.8) is 0 Å². The summed E-state index contributed by atoms with van der Waals surface area (Å²) >= 11 is 0. The standard InChI is InChI=1S/C16H20N2O4/c1-11(10-16(21)22-3)17-15(20)9-6-13-4-7-14(8-5-13)18-12(2)19/h4-9,11H,10H2,1-3H3,(H,17,20)(H,18,19)/b9-6+. The molecule has 1 unspecified atom stereocenters. The lowest BCUT2D eigenvalue weighted by Crippen LogP contribution is -2.33. The van der Waals surface area contributed by atoms with Crippen LogP contribution in [0.3, 0.4) is 0 Å². The average molecular weight is 304 g/mol. The number of amides is 2. The number of ether oxygens (including phenoxy) is 1. The van der Waals surface area contributed by atoms with Crippen molar-refractivity contribution in [3.8, 4) is 0 Å². The number of carbonyl (C=O) groups is 3. The van der Waals surface area contributed by atoms with Crippen molar-refractivity contribution >= 4 is 29.5 Å². The van der Waals surface area contributed by atoms with E-state index in [4.69, 9.17) is 0 Å². The van der Waals surface area contributed by atoms with Gasteiger partial charge in [-0.25, -0.2) is 0 Å². The number of carbonyl (C=O) groups excluding carboxylic acids is 3. The predicted molar refractivity (Wildman–Crippen MR) is 84.0 cm³/mol. The predicted octanol–water partition coefficient (Wildman–Crippen LogP) is 1.73. The van der Waals surface area contributed by atoms with E-state index < -0.39 is 0 Å². The Morgan fingerprint density at radius 2 is 1.86 bits per heavy atom. The summed E-state index contributed by atoms with van der Waals surface area (Å²) in [6, 6.07) is 6.77. The van der Waals surface area contributed by atoms with Crippen LogP contribution in [0.15, 0.2) is 30.3 Å². The summed E-state index contributed by atoms with van der Waals surface area (Å²) in [4.78, 5) is 33.7. The van der Waals surface area contributed by atoms with E-state index in [1.54, 1.807) is 37.3 Å². The second-order valence-electron chi connectivity index (χ2n) is 4.83. The summed E-state index contributed by atoms with van der Waals surface area (Å²) in [7, 11) is 1.31. The van der Waals surface area contributed by atoms with E-state index in [1.165, 1.54) is 20.1 Å². The van der Waals surface area contributed by atoms with E-state index in [-0.39, 0.29) is 30.2 Å². The molecule has 0 spiro atoms. The van der Waals surface area contributed by atoms with Gasteiger partial charge in [-0.2, -0.15) is 0 Å². The van der Waals surface area contributed by atoms with Crippen molar-refractivity contribution in [2.45, 2.75) is 26.3 Å². The van der Waals surface area contributed by atoms with Crippen LogP contribution in [0.4, 0.5) is 5.69 Å². The van der Waals surface area contributed by atoms with Gasteiger partial charge in [0.2, 0.25) is 11.8 Å². The number of methoxy groups -OCH3 is 1. The fraction of sp³-hybridized carbons (Fsp3) is 0.312. The number of hydrogen-bond acceptors (Lipinski definition) is 4. The largest absolute Gasteiger partial charge is 0.469 e. The first-order chi connectivity index (χ1) is 10.4. The first-order valence-corrected chi connectivity index (χ1v) is 6.83. The molecule has 22 heavy (non-hydrogen) atoms. The SMILES string of the molecule is COC(=O)CC(C)NC(=O)/C=C/c1ccc(NC(C)=O)cc1. The van der Waals surface area contributed by atoms with E-state index >= 15 is 0 Å². The minimum Gasteiger partial charge on any atom is -0.469 e. The third-order valence-corrected chi connectivity index (χ3v) is 2.75. The summed E-state index contributed by atoms with van der Waals surface area (Å²) in [6.07, 6.45) is 3.17. The van der Waals surface area contributed by atoms with Crippen molar-refractivity contribution in [2.24, 2.45) is 0 Å². The Bertz CT molecular complexity index is 564. The van der Waals surface area contributed by atoms with Crippen LogP contribution in [0.1, 0.15) is 25.8 Å². The first-order valence-electron chi connectivity index (χ1n) is 6.83. The van der Waals surface area contributed by atoms with Gasteiger partial charge >= 0.3 is 5.97 Å².